The fourth-order valence-corrected chi connectivity index (χ4v) is 6.09. The number of carbonyl (C=O) groups excluding carboxylic acids is 1. The number of benzene rings is 3. The van der Waals surface area contributed by atoms with E-state index in [2.05, 4.69) is 5.32 Å². The van der Waals surface area contributed by atoms with Gasteiger partial charge in [0, 0.05) is 18.5 Å². The zero-order valence-corrected chi connectivity index (χ0v) is 25.5. The molecule has 0 aliphatic heterocycles. The smallest absolute Gasteiger partial charge is 0.338 e. The molecule has 2 unspecified atom stereocenters. The second kappa shape index (κ2) is 13.1. The zero-order chi connectivity index (χ0) is 31.4. The zero-order valence-electron chi connectivity index (χ0n) is 24.0. The number of nitrogens with one attached hydrogen (secondary N) is 1. The standard InChI is InChI=1S/C33H30Cl2N2O7/c1-42-28-12-11-23(15-30(28)43-2)29(16-24-26(34)18-37(41)19-27(24)35)44-31(38)22-9-7-20(8-10-22)17-36-33(32(39)40)14-13-21-5-3-4-6-25(21)33/h3-12,15,18-19,29,36H,13-14,16-17H2,1-2H3,(H,39,40). The number of halogens is 2. The molecule has 4 aromatic rings. The van der Waals surface area contributed by atoms with Crippen molar-refractivity contribution in [2.75, 3.05) is 14.2 Å². The lowest BCUT2D eigenvalue weighted by Gasteiger charge is -2.27. The third kappa shape index (κ3) is 6.31. The molecule has 2 N–H and O–H groups in total. The second-order valence-corrected chi connectivity index (χ2v) is 11.2. The molecule has 3 aromatic carbocycles. The van der Waals surface area contributed by atoms with Crippen molar-refractivity contribution in [2.24, 2.45) is 0 Å². The summed E-state index contributed by atoms with van der Waals surface area (Å²) in [6.07, 6.45) is 2.73. The number of carboxylic acids is 1. The molecule has 0 saturated carbocycles. The minimum Gasteiger partial charge on any atom is -0.619 e. The van der Waals surface area contributed by atoms with Crippen LogP contribution >= 0.6 is 23.2 Å². The molecule has 0 fully saturated rings. The maximum Gasteiger partial charge on any atom is 0.338 e. The second-order valence-electron chi connectivity index (χ2n) is 10.4. The Hall–Kier alpha value is -4.31. The number of aryl methyl sites for hydroxylation is 1. The minimum atomic E-state index is -1.17. The van der Waals surface area contributed by atoms with Gasteiger partial charge in [-0.1, -0.05) is 65.7 Å². The van der Waals surface area contributed by atoms with Crippen LogP contribution in [0.4, 0.5) is 0 Å². The van der Waals surface area contributed by atoms with Gasteiger partial charge in [0.2, 0.25) is 0 Å². The van der Waals surface area contributed by atoms with E-state index in [4.69, 9.17) is 37.4 Å². The van der Waals surface area contributed by atoms with E-state index in [9.17, 15) is 19.9 Å². The van der Waals surface area contributed by atoms with Crippen LogP contribution in [-0.4, -0.2) is 31.3 Å². The van der Waals surface area contributed by atoms with E-state index in [-0.39, 0.29) is 23.0 Å². The van der Waals surface area contributed by atoms with Crippen LogP contribution in [0, 0.1) is 5.21 Å². The van der Waals surface area contributed by atoms with E-state index >= 15 is 0 Å². The van der Waals surface area contributed by atoms with Crippen molar-refractivity contribution in [2.45, 2.75) is 37.5 Å². The Bertz CT molecular complexity index is 1670. The van der Waals surface area contributed by atoms with Gasteiger partial charge in [0.1, 0.15) is 21.7 Å². The number of carboxylic acid groups (broad SMARTS) is 1. The molecule has 2 atom stereocenters. The predicted octanol–water partition coefficient (Wildman–Crippen LogP) is 5.80. The first-order chi connectivity index (χ1) is 21.1. The Labute approximate surface area is 264 Å². The Morgan fingerprint density at radius 3 is 2.34 bits per heavy atom. The number of methoxy groups -OCH3 is 2. The lowest BCUT2D eigenvalue weighted by molar-refractivity contribution is -0.605. The average Bonchev–Trinajstić information content (AvgIpc) is 3.41. The van der Waals surface area contributed by atoms with Gasteiger partial charge in [-0.3, -0.25) is 5.32 Å². The van der Waals surface area contributed by atoms with Crippen molar-refractivity contribution in [3.63, 3.8) is 0 Å². The number of rotatable bonds is 11. The number of hydrogen-bond acceptors (Lipinski definition) is 7. The SMILES string of the molecule is COc1ccc(C(Cc2c(Cl)c[n+]([O-])cc2Cl)OC(=O)c2ccc(CNC3(C(=O)O)CCc4ccccc43)cc2)cc1OC. The van der Waals surface area contributed by atoms with Crippen molar-refractivity contribution in [1.82, 2.24) is 5.32 Å². The highest BCUT2D eigenvalue weighted by Crippen LogP contribution is 2.38. The van der Waals surface area contributed by atoms with Gasteiger partial charge in [0.15, 0.2) is 23.9 Å². The van der Waals surface area contributed by atoms with E-state index in [0.29, 0.717) is 45.8 Å². The number of nitrogens with zero attached hydrogens (tertiary/aromatic N) is 1. The van der Waals surface area contributed by atoms with E-state index in [1.165, 1.54) is 26.6 Å². The summed E-state index contributed by atoms with van der Waals surface area (Å²) >= 11 is 12.7. The van der Waals surface area contributed by atoms with Gasteiger partial charge < -0.3 is 24.5 Å². The third-order valence-electron chi connectivity index (χ3n) is 7.87. The fraction of sp³-hybridized carbons (Fsp3) is 0.242. The molecule has 228 valence electrons. The largest absolute Gasteiger partial charge is 0.619 e. The summed E-state index contributed by atoms with van der Waals surface area (Å²) < 4.78 is 17.3. The Balaban J connectivity index is 1.35. The lowest BCUT2D eigenvalue weighted by Crippen LogP contribution is -2.47. The summed E-state index contributed by atoms with van der Waals surface area (Å²) in [6.45, 7) is 0.287. The topological polar surface area (TPSA) is 121 Å². The van der Waals surface area contributed by atoms with Crippen LogP contribution in [-0.2, 0) is 34.5 Å². The number of hydrogen-bond donors (Lipinski definition) is 2. The molecule has 0 amide bonds. The normalized spacial score (nSPS) is 16.2. The van der Waals surface area contributed by atoms with Crippen LogP contribution < -0.4 is 19.5 Å². The monoisotopic (exact) mass is 636 g/mol. The molecule has 5 rings (SSSR count). The lowest BCUT2D eigenvalue weighted by atomic mass is 9.91. The van der Waals surface area contributed by atoms with E-state index in [1.54, 1.807) is 42.5 Å². The van der Waals surface area contributed by atoms with Gasteiger partial charge in [0.25, 0.3) is 0 Å². The number of carbonyl (C=O) groups is 2. The quantitative estimate of drug-likeness (QED) is 0.120. The molecule has 1 aliphatic rings. The Morgan fingerprint density at radius 2 is 1.68 bits per heavy atom. The molecule has 0 radical (unpaired) electrons. The van der Waals surface area contributed by atoms with Crippen molar-refractivity contribution in [3.05, 3.63) is 128 Å². The summed E-state index contributed by atoms with van der Waals surface area (Å²) in [4.78, 5) is 25.7. The van der Waals surface area contributed by atoms with Crippen LogP contribution in [0.2, 0.25) is 10.0 Å². The van der Waals surface area contributed by atoms with E-state index in [0.717, 1.165) is 16.7 Å². The molecule has 9 nitrogen and oxygen atoms in total. The van der Waals surface area contributed by atoms with Gasteiger partial charge in [-0.2, -0.15) is 4.73 Å². The number of aliphatic carboxylic acids is 1. The molecule has 0 spiro atoms. The molecule has 0 bridgehead atoms. The highest BCUT2D eigenvalue weighted by molar-refractivity contribution is 6.35. The molecule has 1 heterocycles. The first-order valence-electron chi connectivity index (χ1n) is 13.8. The summed E-state index contributed by atoms with van der Waals surface area (Å²) in [5.74, 6) is -0.584. The summed E-state index contributed by atoms with van der Waals surface area (Å²) in [7, 11) is 3.02. The summed E-state index contributed by atoms with van der Waals surface area (Å²) in [5.41, 5.74) is 2.76. The van der Waals surface area contributed by atoms with E-state index in [1.807, 2.05) is 24.3 Å². The Kier molecular flexibility index (Phi) is 9.29. The fourth-order valence-electron chi connectivity index (χ4n) is 5.49. The minimum absolute atomic E-state index is 0.0838. The van der Waals surface area contributed by atoms with Crippen molar-refractivity contribution in [3.8, 4) is 11.5 Å². The van der Waals surface area contributed by atoms with Gasteiger partial charge >= 0.3 is 11.9 Å². The van der Waals surface area contributed by atoms with Crippen LogP contribution in [0.1, 0.15) is 50.7 Å². The Morgan fingerprint density at radius 1 is 1.00 bits per heavy atom. The first kappa shape index (κ1) is 31.1. The maximum absolute atomic E-state index is 13.4. The van der Waals surface area contributed by atoms with Crippen molar-refractivity contribution in [1.29, 1.82) is 0 Å². The van der Waals surface area contributed by atoms with Crippen molar-refractivity contribution >= 4 is 35.1 Å². The van der Waals surface area contributed by atoms with Gasteiger partial charge in [-0.15, -0.1) is 0 Å². The van der Waals surface area contributed by atoms with Crippen LogP contribution in [0.3, 0.4) is 0 Å². The van der Waals surface area contributed by atoms with Gasteiger partial charge in [-0.25, -0.2) is 9.59 Å². The molecule has 44 heavy (non-hydrogen) atoms. The van der Waals surface area contributed by atoms with Crippen LogP contribution in [0.5, 0.6) is 11.5 Å². The van der Waals surface area contributed by atoms with Crippen LogP contribution in [0.25, 0.3) is 0 Å². The first-order valence-corrected chi connectivity index (χ1v) is 14.6. The molecule has 0 saturated heterocycles. The van der Waals surface area contributed by atoms with Gasteiger partial charge in [-0.05, 0) is 59.4 Å². The van der Waals surface area contributed by atoms with Crippen LogP contribution in [0.15, 0.2) is 79.1 Å². The average molecular weight is 638 g/mol. The number of pyridine rings is 1. The molecule has 1 aliphatic carbocycles. The number of esters is 1. The molecular formula is C33H30Cl2N2O7. The predicted molar refractivity (Wildman–Crippen MR) is 164 cm³/mol. The molecule has 11 heteroatoms. The van der Waals surface area contributed by atoms with Gasteiger partial charge in [0.05, 0.1) is 19.8 Å². The highest BCUT2D eigenvalue weighted by Gasteiger charge is 2.45. The highest BCUT2D eigenvalue weighted by atomic mass is 35.5. The summed E-state index contributed by atoms with van der Waals surface area (Å²) in [5, 5.41) is 25.4. The molecular weight excluding hydrogens is 607 g/mol. The van der Waals surface area contributed by atoms with Crippen molar-refractivity contribution < 1.29 is 33.6 Å². The molecule has 1 aromatic heterocycles. The third-order valence-corrected chi connectivity index (χ3v) is 8.52. The van der Waals surface area contributed by atoms with E-state index < -0.39 is 23.6 Å². The number of fused-ring (bicyclic) bond motifs is 1. The maximum atomic E-state index is 13.4. The number of aromatic nitrogens is 1. The summed E-state index contributed by atoms with van der Waals surface area (Å²) in [6, 6.07) is 19.5. The number of ether oxygens (including phenoxy) is 3.